The maximum Gasteiger partial charge on any atom is 0.226 e. The summed E-state index contributed by atoms with van der Waals surface area (Å²) in [4.78, 5) is 27.1. The fourth-order valence-corrected chi connectivity index (χ4v) is 4.17. The number of aliphatic hydroxyl groups is 1. The van der Waals surface area contributed by atoms with Gasteiger partial charge in [0.1, 0.15) is 0 Å². The number of amides is 2. The highest BCUT2D eigenvalue weighted by Crippen LogP contribution is 2.34. The predicted octanol–water partition coefficient (Wildman–Crippen LogP) is 3.06. The third kappa shape index (κ3) is 5.32. The molecule has 0 aromatic heterocycles. The van der Waals surface area contributed by atoms with Crippen LogP contribution in [0.4, 0.5) is 0 Å². The number of benzene rings is 1. The van der Waals surface area contributed by atoms with Crippen LogP contribution in [0.3, 0.4) is 0 Å². The molecule has 2 unspecified atom stereocenters. The standard InChI is InChI=1S/C22H34N2O3/c1-4-8-18(20(23)25)19(15-16(2)3)21(26)24-13-11-22(27,12-14-24)17-9-6-5-7-10-17/h5-7,9-10,16,18-19,27H,4,8,11-15H2,1-3H3,(H2,23,25). The molecule has 2 rings (SSSR count). The molecule has 0 spiro atoms. The summed E-state index contributed by atoms with van der Waals surface area (Å²) in [5, 5.41) is 11.0. The third-order valence-corrected chi connectivity index (χ3v) is 5.71. The number of piperidine rings is 1. The minimum Gasteiger partial charge on any atom is -0.385 e. The summed E-state index contributed by atoms with van der Waals surface area (Å²) in [6.45, 7) is 7.13. The van der Waals surface area contributed by atoms with E-state index in [1.807, 2.05) is 42.2 Å². The van der Waals surface area contributed by atoms with E-state index in [0.717, 1.165) is 12.0 Å². The van der Waals surface area contributed by atoms with Gasteiger partial charge in [0.2, 0.25) is 11.8 Å². The summed E-state index contributed by atoms with van der Waals surface area (Å²) in [6.07, 6.45) is 3.13. The first-order valence-corrected chi connectivity index (χ1v) is 10.1. The summed E-state index contributed by atoms with van der Waals surface area (Å²) < 4.78 is 0. The lowest BCUT2D eigenvalue weighted by Crippen LogP contribution is -2.49. The van der Waals surface area contributed by atoms with E-state index >= 15 is 0 Å². The molecule has 2 amide bonds. The fraction of sp³-hybridized carbons (Fsp3) is 0.636. The van der Waals surface area contributed by atoms with E-state index in [1.165, 1.54) is 0 Å². The molecule has 1 aliphatic rings. The first kappa shape index (κ1) is 21.4. The Labute approximate surface area is 162 Å². The normalized spacial score (nSPS) is 18.9. The molecule has 1 aromatic rings. The van der Waals surface area contributed by atoms with Gasteiger partial charge in [-0.15, -0.1) is 0 Å². The molecule has 5 heteroatoms. The molecule has 2 atom stereocenters. The molecule has 0 saturated carbocycles. The number of nitrogens with zero attached hydrogens (tertiary/aromatic N) is 1. The largest absolute Gasteiger partial charge is 0.385 e. The van der Waals surface area contributed by atoms with Gasteiger partial charge >= 0.3 is 0 Å². The minimum absolute atomic E-state index is 0.0102. The summed E-state index contributed by atoms with van der Waals surface area (Å²) in [5.74, 6) is -0.849. The lowest BCUT2D eigenvalue weighted by atomic mass is 9.80. The van der Waals surface area contributed by atoms with E-state index < -0.39 is 11.5 Å². The van der Waals surface area contributed by atoms with Crippen molar-refractivity contribution in [2.24, 2.45) is 23.5 Å². The van der Waals surface area contributed by atoms with Crippen LogP contribution in [0.25, 0.3) is 0 Å². The highest BCUT2D eigenvalue weighted by molar-refractivity contribution is 5.87. The molecular weight excluding hydrogens is 340 g/mol. The topological polar surface area (TPSA) is 83.6 Å². The average Bonchev–Trinajstić information content (AvgIpc) is 2.65. The fourth-order valence-electron chi connectivity index (χ4n) is 4.17. The number of rotatable bonds is 8. The van der Waals surface area contributed by atoms with Crippen molar-refractivity contribution in [3.8, 4) is 0 Å². The Bertz CT molecular complexity index is 622. The highest BCUT2D eigenvalue weighted by atomic mass is 16.3. The van der Waals surface area contributed by atoms with E-state index in [2.05, 4.69) is 13.8 Å². The molecule has 1 heterocycles. The maximum atomic E-state index is 13.2. The van der Waals surface area contributed by atoms with Crippen LogP contribution in [-0.2, 0) is 15.2 Å². The Morgan fingerprint density at radius 3 is 2.22 bits per heavy atom. The van der Waals surface area contributed by atoms with Crippen LogP contribution in [-0.4, -0.2) is 34.9 Å². The van der Waals surface area contributed by atoms with Gasteiger partial charge in [0.15, 0.2) is 0 Å². The van der Waals surface area contributed by atoms with Crippen molar-refractivity contribution in [2.75, 3.05) is 13.1 Å². The summed E-state index contributed by atoms with van der Waals surface area (Å²) >= 11 is 0. The number of carbonyl (C=O) groups excluding carboxylic acids is 2. The number of likely N-dealkylation sites (tertiary alicyclic amines) is 1. The predicted molar refractivity (Wildman–Crippen MR) is 107 cm³/mol. The molecule has 1 saturated heterocycles. The van der Waals surface area contributed by atoms with Crippen molar-refractivity contribution in [1.29, 1.82) is 0 Å². The lowest BCUT2D eigenvalue weighted by molar-refractivity contribution is -0.146. The second-order valence-electron chi connectivity index (χ2n) is 8.26. The van der Waals surface area contributed by atoms with Gasteiger partial charge in [-0.1, -0.05) is 57.5 Å². The molecule has 0 radical (unpaired) electrons. The van der Waals surface area contributed by atoms with Crippen LogP contribution in [0.2, 0.25) is 0 Å². The molecule has 150 valence electrons. The molecule has 1 aromatic carbocycles. The molecule has 0 bridgehead atoms. The van der Waals surface area contributed by atoms with Gasteiger partial charge in [-0.3, -0.25) is 9.59 Å². The zero-order valence-corrected chi connectivity index (χ0v) is 16.9. The van der Waals surface area contributed by atoms with Crippen LogP contribution < -0.4 is 5.73 Å². The molecule has 5 nitrogen and oxygen atoms in total. The van der Waals surface area contributed by atoms with Gasteiger partial charge in [-0.05, 0) is 37.2 Å². The Hall–Kier alpha value is -1.88. The first-order valence-electron chi connectivity index (χ1n) is 10.1. The van der Waals surface area contributed by atoms with Crippen molar-refractivity contribution >= 4 is 11.8 Å². The Kier molecular flexibility index (Phi) is 7.42. The number of carbonyl (C=O) groups is 2. The van der Waals surface area contributed by atoms with Crippen LogP contribution in [0, 0.1) is 17.8 Å². The van der Waals surface area contributed by atoms with E-state index in [-0.39, 0.29) is 17.7 Å². The minimum atomic E-state index is -0.891. The molecule has 1 aliphatic heterocycles. The van der Waals surface area contributed by atoms with Gasteiger partial charge in [-0.25, -0.2) is 0 Å². The molecule has 1 fully saturated rings. The molecule has 27 heavy (non-hydrogen) atoms. The quantitative estimate of drug-likeness (QED) is 0.733. The van der Waals surface area contributed by atoms with Crippen LogP contribution in [0.1, 0.15) is 58.4 Å². The van der Waals surface area contributed by atoms with Crippen LogP contribution in [0.5, 0.6) is 0 Å². The number of hydrogen-bond donors (Lipinski definition) is 2. The van der Waals surface area contributed by atoms with Gasteiger partial charge in [0, 0.05) is 24.9 Å². The number of primary amides is 1. The van der Waals surface area contributed by atoms with Crippen LogP contribution >= 0.6 is 0 Å². The highest BCUT2D eigenvalue weighted by Gasteiger charge is 2.39. The number of nitrogens with two attached hydrogens (primary N) is 1. The Morgan fingerprint density at radius 2 is 1.74 bits per heavy atom. The zero-order valence-electron chi connectivity index (χ0n) is 16.9. The van der Waals surface area contributed by atoms with Crippen molar-refractivity contribution in [3.63, 3.8) is 0 Å². The average molecular weight is 375 g/mol. The van der Waals surface area contributed by atoms with Crippen molar-refractivity contribution < 1.29 is 14.7 Å². The zero-order chi connectivity index (χ0) is 20.0. The molecule has 3 N–H and O–H groups in total. The number of hydrogen-bond acceptors (Lipinski definition) is 3. The SMILES string of the molecule is CCCC(C(N)=O)C(CC(C)C)C(=O)N1CCC(O)(c2ccccc2)CC1. The maximum absolute atomic E-state index is 13.2. The van der Waals surface area contributed by atoms with Crippen LogP contribution in [0.15, 0.2) is 30.3 Å². The Morgan fingerprint density at radius 1 is 1.15 bits per heavy atom. The lowest BCUT2D eigenvalue weighted by Gasteiger charge is -2.40. The first-order chi connectivity index (χ1) is 12.8. The summed E-state index contributed by atoms with van der Waals surface area (Å²) in [6, 6.07) is 9.64. The van der Waals surface area contributed by atoms with E-state index in [9.17, 15) is 14.7 Å². The monoisotopic (exact) mass is 374 g/mol. The summed E-state index contributed by atoms with van der Waals surface area (Å²) in [7, 11) is 0. The smallest absolute Gasteiger partial charge is 0.226 e. The molecule has 0 aliphatic carbocycles. The summed E-state index contributed by atoms with van der Waals surface area (Å²) in [5.41, 5.74) is 5.65. The van der Waals surface area contributed by atoms with Crippen molar-refractivity contribution in [3.05, 3.63) is 35.9 Å². The van der Waals surface area contributed by atoms with Crippen molar-refractivity contribution in [1.82, 2.24) is 4.90 Å². The van der Waals surface area contributed by atoms with E-state index in [4.69, 9.17) is 5.73 Å². The van der Waals surface area contributed by atoms with Gasteiger partial charge in [-0.2, -0.15) is 0 Å². The third-order valence-electron chi connectivity index (χ3n) is 5.71. The second-order valence-corrected chi connectivity index (χ2v) is 8.26. The van der Waals surface area contributed by atoms with Gasteiger partial charge < -0.3 is 15.7 Å². The molecular formula is C22H34N2O3. The van der Waals surface area contributed by atoms with Crippen molar-refractivity contribution in [2.45, 2.75) is 58.5 Å². The van der Waals surface area contributed by atoms with E-state index in [0.29, 0.717) is 44.7 Å². The second kappa shape index (κ2) is 9.36. The van der Waals surface area contributed by atoms with E-state index in [1.54, 1.807) is 0 Å². The van der Waals surface area contributed by atoms with Gasteiger partial charge in [0.25, 0.3) is 0 Å². The Balaban J connectivity index is 2.11. The van der Waals surface area contributed by atoms with Gasteiger partial charge in [0.05, 0.1) is 5.60 Å².